The summed E-state index contributed by atoms with van der Waals surface area (Å²) in [5, 5.41) is 10.7. The van der Waals surface area contributed by atoms with Gasteiger partial charge in [-0.3, -0.25) is 4.90 Å². The van der Waals surface area contributed by atoms with E-state index in [0.29, 0.717) is 5.02 Å². The lowest BCUT2D eigenvalue weighted by atomic mass is 9.98. The fourth-order valence-electron chi connectivity index (χ4n) is 2.79. The normalized spacial score (nSPS) is 20.4. The van der Waals surface area contributed by atoms with Crippen LogP contribution in [0.2, 0.25) is 5.02 Å². The molecule has 1 heterocycles. The van der Waals surface area contributed by atoms with Crippen molar-refractivity contribution in [1.29, 1.82) is 0 Å². The van der Waals surface area contributed by atoms with Crippen molar-refractivity contribution in [1.82, 2.24) is 4.90 Å². The molecule has 1 saturated heterocycles. The summed E-state index contributed by atoms with van der Waals surface area (Å²) in [4.78, 5) is 2.46. The van der Waals surface area contributed by atoms with Crippen molar-refractivity contribution < 1.29 is 5.11 Å². The van der Waals surface area contributed by atoms with Gasteiger partial charge in [0, 0.05) is 17.1 Å². The van der Waals surface area contributed by atoms with Gasteiger partial charge < -0.3 is 5.11 Å². The summed E-state index contributed by atoms with van der Waals surface area (Å²) < 4.78 is 0. The van der Waals surface area contributed by atoms with Crippen molar-refractivity contribution in [3.8, 4) is 0 Å². The Kier molecular flexibility index (Phi) is 4.34. The zero-order chi connectivity index (χ0) is 14.0. The average molecular weight is 280 g/mol. The minimum atomic E-state index is -0.627. The number of hydrogen-bond acceptors (Lipinski definition) is 2. The van der Waals surface area contributed by atoms with Crippen LogP contribution in [0, 0.1) is 0 Å². The Hall–Kier alpha value is -0.830. The van der Waals surface area contributed by atoms with E-state index in [2.05, 4.69) is 25.3 Å². The summed E-state index contributed by atoms with van der Waals surface area (Å²) in [6, 6.07) is 5.67. The maximum absolute atomic E-state index is 10.0. The summed E-state index contributed by atoms with van der Waals surface area (Å²) >= 11 is 6.10. The Morgan fingerprint density at radius 3 is 2.84 bits per heavy atom. The highest BCUT2D eigenvalue weighted by Crippen LogP contribution is 2.32. The van der Waals surface area contributed by atoms with Gasteiger partial charge in [0.1, 0.15) is 0 Å². The molecule has 1 aromatic rings. The van der Waals surface area contributed by atoms with Crippen LogP contribution < -0.4 is 0 Å². The number of hydrogen-bond donors (Lipinski definition) is 1. The largest absolute Gasteiger partial charge is 0.384 e. The second-order valence-corrected chi connectivity index (χ2v) is 6.30. The SMILES string of the molecule is C=CC(O)c1ccc(Cl)cc1CN1CCCC1(C)C. The Balaban J connectivity index is 2.28. The number of likely N-dealkylation sites (tertiary alicyclic amines) is 1. The second-order valence-electron chi connectivity index (χ2n) is 5.86. The summed E-state index contributed by atoms with van der Waals surface area (Å²) in [6.45, 7) is 10.1. The van der Waals surface area contributed by atoms with Crippen LogP contribution >= 0.6 is 11.6 Å². The van der Waals surface area contributed by atoms with Gasteiger partial charge in [-0.25, -0.2) is 0 Å². The molecule has 104 valence electrons. The molecule has 1 aliphatic rings. The lowest BCUT2D eigenvalue weighted by Gasteiger charge is -2.32. The molecule has 0 bridgehead atoms. The molecule has 0 radical (unpaired) electrons. The number of nitrogens with zero attached hydrogens (tertiary/aromatic N) is 1. The molecule has 0 amide bonds. The molecule has 2 rings (SSSR count). The minimum Gasteiger partial charge on any atom is -0.384 e. The summed E-state index contributed by atoms with van der Waals surface area (Å²) in [5.41, 5.74) is 2.22. The molecule has 1 atom stereocenters. The summed E-state index contributed by atoms with van der Waals surface area (Å²) in [6.07, 6.45) is 3.37. The predicted molar refractivity (Wildman–Crippen MR) is 80.3 cm³/mol. The van der Waals surface area contributed by atoms with Gasteiger partial charge in [0.2, 0.25) is 0 Å². The fourth-order valence-corrected chi connectivity index (χ4v) is 2.98. The molecule has 0 aromatic heterocycles. The third-order valence-corrected chi connectivity index (χ3v) is 4.32. The van der Waals surface area contributed by atoms with Gasteiger partial charge in [0.15, 0.2) is 0 Å². The number of aliphatic hydroxyl groups is 1. The topological polar surface area (TPSA) is 23.5 Å². The molecule has 1 N–H and O–H groups in total. The van der Waals surface area contributed by atoms with Crippen LogP contribution in [-0.2, 0) is 6.54 Å². The first-order chi connectivity index (χ1) is 8.94. The maximum atomic E-state index is 10.0. The molecule has 0 spiro atoms. The highest BCUT2D eigenvalue weighted by Gasteiger charge is 2.32. The molecule has 19 heavy (non-hydrogen) atoms. The van der Waals surface area contributed by atoms with Gasteiger partial charge in [0.25, 0.3) is 0 Å². The van der Waals surface area contributed by atoms with Gasteiger partial charge in [0.05, 0.1) is 6.10 Å². The molecule has 1 fully saturated rings. The van der Waals surface area contributed by atoms with Crippen LogP contribution in [0.1, 0.15) is 43.9 Å². The van der Waals surface area contributed by atoms with Crippen LogP contribution in [0.15, 0.2) is 30.9 Å². The van der Waals surface area contributed by atoms with Crippen molar-refractivity contribution in [3.05, 3.63) is 47.0 Å². The van der Waals surface area contributed by atoms with E-state index < -0.39 is 6.10 Å². The molecule has 1 aliphatic heterocycles. The highest BCUT2D eigenvalue weighted by molar-refractivity contribution is 6.30. The molecule has 2 nitrogen and oxygen atoms in total. The van der Waals surface area contributed by atoms with Crippen LogP contribution in [-0.4, -0.2) is 22.1 Å². The average Bonchev–Trinajstić information content (AvgIpc) is 2.68. The molecular weight excluding hydrogens is 258 g/mol. The number of aliphatic hydroxyl groups excluding tert-OH is 1. The predicted octanol–water partition coefficient (Wildman–Crippen LogP) is 3.93. The Bertz CT molecular complexity index is 470. The van der Waals surface area contributed by atoms with Crippen molar-refractivity contribution in [3.63, 3.8) is 0 Å². The third kappa shape index (κ3) is 3.19. The van der Waals surface area contributed by atoms with Crippen molar-refractivity contribution in [2.75, 3.05) is 6.54 Å². The minimum absolute atomic E-state index is 0.221. The third-order valence-electron chi connectivity index (χ3n) is 4.08. The van der Waals surface area contributed by atoms with Gasteiger partial charge in [-0.15, -0.1) is 6.58 Å². The zero-order valence-electron chi connectivity index (χ0n) is 11.7. The van der Waals surface area contributed by atoms with Crippen molar-refractivity contribution in [2.24, 2.45) is 0 Å². The molecule has 0 aliphatic carbocycles. The van der Waals surface area contributed by atoms with E-state index in [1.807, 2.05) is 18.2 Å². The number of halogens is 1. The van der Waals surface area contributed by atoms with Crippen LogP contribution in [0.3, 0.4) is 0 Å². The van der Waals surface area contributed by atoms with Crippen LogP contribution in [0.25, 0.3) is 0 Å². The molecule has 1 unspecified atom stereocenters. The highest BCUT2D eigenvalue weighted by atomic mass is 35.5. The molecular formula is C16H22ClNO. The molecule has 3 heteroatoms. The first-order valence-corrected chi connectivity index (χ1v) is 7.16. The summed E-state index contributed by atoms with van der Waals surface area (Å²) in [7, 11) is 0. The zero-order valence-corrected chi connectivity index (χ0v) is 12.5. The fraction of sp³-hybridized carbons (Fsp3) is 0.500. The van der Waals surface area contributed by atoms with Gasteiger partial charge >= 0.3 is 0 Å². The van der Waals surface area contributed by atoms with E-state index in [4.69, 9.17) is 11.6 Å². The first kappa shape index (κ1) is 14.6. The Morgan fingerprint density at radius 2 is 2.26 bits per heavy atom. The van der Waals surface area contributed by atoms with Gasteiger partial charge in [-0.1, -0.05) is 23.7 Å². The van der Waals surface area contributed by atoms with E-state index in [0.717, 1.165) is 24.2 Å². The number of rotatable bonds is 4. The lowest BCUT2D eigenvalue weighted by Crippen LogP contribution is -2.37. The van der Waals surface area contributed by atoms with Gasteiger partial charge in [-0.05, 0) is 56.5 Å². The second kappa shape index (κ2) is 5.66. The van der Waals surface area contributed by atoms with Crippen molar-refractivity contribution in [2.45, 2.75) is 44.9 Å². The molecule has 0 saturated carbocycles. The standard InChI is InChI=1S/C16H22ClNO/c1-4-15(19)14-7-6-13(17)10-12(14)11-18-9-5-8-16(18,2)3/h4,6-7,10,15,19H,1,5,8-9,11H2,2-3H3. The van der Waals surface area contributed by atoms with E-state index in [1.54, 1.807) is 6.08 Å². The summed E-state index contributed by atoms with van der Waals surface area (Å²) in [5.74, 6) is 0. The Morgan fingerprint density at radius 1 is 1.53 bits per heavy atom. The monoisotopic (exact) mass is 279 g/mol. The smallest absolute Gasteiger partial charge is 0.0972 e. The van der Waals surface area contributed by atoms with Crippen molar-refractivity contribution >= 4 is 11.6 Å². The maximum Gasteiger partial charge on any atom is 0.0972 e. The van der Waals surface area contributed by atoms with Crippen LogP contribution in [0.4, 0.5) is 0 Å². The van der Waals surface area contributed by atoms with E-state index in [-0.39, 0.29) is 5.54 Å². The Labute approximate surface area is 120 Å². The number of benzene rings is 1. The van der Waals surface area contributed by atoms with Crippen LogP contribution in [0.5, 0.6) is 0 Å². The van der Waals surface area contributed by atoms with Gasteiger partial charge in [-0.2, -0.15) is 0 Å². The van der Waals surface area contributed by atoms with E-state index in [1.165, 1.54) is 12.8 Å². The quantitative estimate of drug-likeness (QED) is 0.844. The molecule has 1 aromatic carbocycles. The van der Waals surface area contributed by atoms with E-state index >= 15 is 0 Å². The van der Waals surface area contributed by atoms with E-state index in [9.17, 15) is 5.11 Å². The first-order valence-electron chi connectivity index (χ1n) is 6.78. The lowest BCUT2D eigenvalue weighted by molar-refractivity contribution is 0.163.